The predicted molar refractivity (Wildman–Crippen MR) is 101 cm³/mol. The van der Waals surface area contributed by atoms with Gasteiger partial charge in [-0.25, -0.2) is 9.37 Å². The molecule has 0 amide bonds. The van der Waals surface area contributed by atoms with Crippen LogP contribution in [0, 0.1) is 15.9 Å². The van der Waals surface area contributed by atoms with Crippen LogP contribution >= 0.6 is 11.6 Å². The molecule has 1 aromatic carbocycles. The monoisotopic (exact) mass is 410 g/mol. The third-order valence-corrected chi connectivity index (χ3v) is 4.73. The first-order chi connectivity index (χ1) is 13.4. The average Bonchev–Trinajstić information content (AvgIpc) is 2.71. The minimum atomic E-state index is -1.83. The minimum absolute atomic E-state index is 0.0222. The van der Waals surface area contributed by atoms with Gasteiger partial charge in [0.05, 0.1) is 19.1 Å². The third-order valence-electron chi connectivity index (χ3n) is 4.46. The fourth-order valence-electron chi connectivity index (χ4n) is 3.16. The molecule has 0 aliphatic carbocycles. The fraction of sp³-hybridized carbons (Fsp3) is 0.368. The number of aromatic nitrogens is 1. The number of rotatable bonds is 9. The van der Waals surface area contributed by atoms with Crippen molar-refractivity contribution in [3.05, 3.63) is 63.6 Å². The van der Waals surface area contributed by atoms with Crippen LogP contribution < -0.4 is 4.74 Å². The molecule has 0 spiro atoms. The molecule has 2 rings (SSSR count). The van der Waals surface area contributed by atoms with Crippen molar-refractivity contribution in [2.75, 3.05) is 20.1 Å². The van der Waals surface area contributed by atoms with E-state index >= 15 is 0 Å². The number of unbranched alkanes of at least 4 members (excludes halogenated alkanes) is 1. The predicted octanol–water partition coefficient (Wildman–Crippen LogP) is 4.01. The molecule has 0 fully saturated rings. The Morgan fingerprint density at radius 3 is 2.54 bits per heavy atom. The molecule has 9 heteroatoms. The van der Waals surface area contributed by atoms with Crippen LogP contribution in [0.3, 0.4) is 0 Å². The molecule has 150 valence electrons. The summed E-state index contributed by atoms with van der Waals surface area (Å²) in [7, 11) is 2.49. The molecular weight excluding hydrogens is 391 g/mol. The largest absolute Gasteiger partial charge is 0.481 e. The summed E-state index contributed by atoms with van der Waals surface area (Å²) in [6.45, 7) is 0. The molecule has 0 bridgehead atoms. The number of halogens is 2. The van der Waals surface area contributed by atoms with Crippen molar-refractivity contribution < 1.29 is 23.6 Å². The van der Waals surface area contributed by atoms with E-state index in [1.165, 1.54) is 37.4 Å². The molecule has 0 saturated heterocycles. The van der Waals surface area contributed by atoms with Gasteiger partial charge in [0.25, 0.3) is 5.69 Å². The number of carbonyl (C=O) groups excluding carboxylic acids is 1. The Labute approximate surface area is 166 Å². The zero-order valence-corrected chi connectivity index (χ0v) is 16.2. The standard InChI is InChI=1S/C19H20ClFN2O5/c1-27-16-10-9-15(23(25)26)17(22-16)19(18(24)28-2,11-5-6-12-20)13-7-3-4-8-14(13)21/h3-4,7-10H,5-6,11-12H2,1-2H3. The molecule has 0 N–H and O–H groups in total. The lowest BCUT2D eigenvalue weighted by Crippen LogP contribution is -2.40. The molecule has 0 aliphatic rings. The number of esters is 1. The molecule has 0 radical (unpaired) electrons. The minimum Gasteiger partial charge on any atom is -0.481 e. The fourth-order valence-corrected chi connectivity index (χ4v) is 3.35. The number of alkyl halides is 1. The van der Waals surface area contributed by atoms with Crippen LogP contribution in [0.4, 0.5) is 10.1 Å². The van der Waals surface area contributed by atoms with Gasteiger partial charge >= 0.3 is 5.97 Å². The van der Waals surface area contributed by atoms with Crippen molar-refractivity contribution in [1.82, 2.24) is 4.98 Å². The highest BCUT2D eigenvalue weighted by Crippen LogP contribution is 2.43. The Morgan fingerprint density at radius 1 is 1.25 bits per heavy atom. The maximum absolute atomic E-state index is 14.8. The summed E-state index contributed by atoms with van der Waals surface area (Å²) in [4.78, 5) is 28.2. The summed E-state index contributed by atoms with van der Waals surface area (Å²) in [5.41, 5.74) is -2.55. The molecule has 1 atom stereocenters. The lowest BCUT2D eigenvalue weighted by molar-refractivity contribution is -0.386. The molecule has 2 aromatic rings. The average molecular weight is 411 g/mol. The third kappa shape index (κ3) is 4.06. The van der Waals surface area contributed by atoms with Crippen molar-refractivity contribution in [3.63, 3.8) is 0 Å². The number of nitrogens with zero attached hydrogens (tertiary/aromatic N) is 2. The van der Waals surface area contributed by atoms with Crippen LogP contribution in [0.2, 0.25) is 0 Å². The Hall–Kier alpha value is -2.74. The van der Waals surface area contributed by atoms with Crippen molar-refractivity contribution in [1.29, 1.82) is 0 Å². The highest BCUT2D eigenvalue weighted by atomic mass is 35.5. The summed E-state index contributed by atoms with van der Waals surface area (Å²) in [6, 6.07) is 8.08. The van der Waals surface area contributed by atoms with E-state index in [1.54, 1.807) is 6.07 Å². The highest BCUT2D eigenvalue weighted by Gasteiger charge is 2.50. The SMILES string of the molecule is COC(=O)C(CCCCCl)(c1ccccc1F)c1nc(OC)ccc1[N+](=O)[O-]. The van der Waals surface area contributed by atoms with Gasteiger partial charge in [-0.1, -0.05) is 24.6 Å². The molecule has 7 nitrogen and oxygen atoms in total. The van der Waals surface area contributed by atoms with E-state index in [9.17, 15) is 19.3 Å². The Bertz CT molecular complexity index is 864. The van der Waals surface area contributed by atoms with Crippen LogP contribution in [0.5, 0.6) is 5.88 Å². The zero-order valence-electron chi connectivity index (χ0n) is 15.5. The van der Waals surface area contributed by atoms with Crippen molar-refractivity contribution >= 4 is 23.3 Å². The molecular formula is C19H20ClFN2O5. The van der Waals surface area contributed by atoms with E-state index in [0.29, 0.717) is 18.7 Å². The number of carbonyl (C=O) groups is 1. The van der Waals surface area contributed by atoms with E-state index in [2.05, 4.69) is 4.98 Å². The molecule has 0 aliphatic heterocycles. The number of nitro groups is 1. The number of hydrogen-bond acceptors (Lipinski definition) is 6. The summed E-state index contributed by atoms with van der Waals surface area (Å²) in [5, 5.41) is 11.7. The molecule has 1 heterocycles. The van der Waals surface area contributed by atoms with Gasteiger partial charge in [0, 0.05) is 23.6 Å². The summed E-state index contributed by atoms with van der Waals surface area (Å²) >= 11 is 5.76. The maximum Gasteiger partial charge on any atom is 0.322 e. The van der Waals surface area contributed by atoms with Crippen LogP contribution in [0.25, 0.3) is 0 Å². The lowest BCUT2D eigenvalue weighted by atomic mass is 9.72. The summed E-state index contributed by atoms with van der Waals surface area (Å²) in [5.74, 6) is -1.17. The van der Waals surface area contributed by atoms with Gasteiger partial charge in [0.2, 0.25) is 5.88 Å². The number of hydrogen-bond donors (Lipinski definition) is 0. The zero-order chi connectivity index (χ0) is 20.7. The quantitative estimate of drug-likeness (QED) is 0.204. The normalized spacial score (nSPS) is 12.9. The first kappa shape index (κ1) is 21.6. The van der Waals surface area contributed by atoms with Gasteiger partial charge in [-0.2, -0.15) is 0 Å². The van der Waals surface area contributed by atoms with E-state index in [-0.39, 0.29) is 23.6 Å². The Kier molecular flexibility index (Phi) is 7.28. The molecule has 1 unspecified atom stereocenters. The molecule has 0 saturated carbocycles. The number of pyridine rings is 1. The van der Waals surface area contributed by atoms with Crippen LogP contribution in [0.15, 0.2) is 36.4 Å². The van der Waals surface area contributed by atoms with Crippen LogP contribution in [-0.4, -0.2) is 36.0 Å². The van der Waals surface area contributed by atoms with Crippen molar-refractivity contribution in [2.45, 2.75) is 24.7 Å². The van der Waals surface area contributed by atoms with E-state index < -0.39 is 27.8 Å². The van der Waals surface area contributed by atoms with Crippen molar-refractivity contribution in [3.8, 4) is 5.88 Å². The second kappa shape index (κ2) is 9.45. The summed E-state index contributed by atoms with van der Waals surface area (Å²) in [6.07, 6.45) is 0.934. The number of methoxy groups -OCH3 is 2. The van der Waals surface area contributed by atoms with Crippen LogP contribution in [-0.2, 0) is 14.9 Å². The topological polar surface area (TPSA) is 91.6 Å². The van der Waals surface area contributed by atoms with Gasteiger partial charge in [-0.15, -0.1) is 11.6 Å². The van der Waals surface area contributed by atoms with E-state index in [1.807, 2.05) is 0 Å². The number of benzene rings is 1. The van der Waals surface area contributed by atoms with Gasteiger partial charge in [-0.05, 0) is 18.9 Å². The smallest absolute Gasteiger partial charge is 0.322 e. The van der Waals surface area contributed by atoms with Gasteiger partial charge in [-0.3, -0.25) is 14.9 Å². The van der Waals surface area contributed by atoms with Crippen molar-refractivity contribution in [2.24, 2.45) is 0 Å². The van der Waals surface area contributed by atoms with Gasteiger partial charge in [0.1, 0.15) is 16.9 Å². The van der Waals surface area contributed by atoms with Gasteiger partial charge < -0.3 is 9.47 Å². The maximum atomic E-state index is 14.8. The van der Waals surface area contributed by atoms with Gasteiger partial charge in [0.15, 0.2) is 0 Å². The van der Waals surface area contributed by atoms with E-state index in [4.69, 9.17) is 21.1 Å². The molecule has 1 aromatic heterocycles. The Morgan fingerprint density at radius 2 is 1.96 bits per heavy atom. The lowest BCUT2D eigenvalue weighted by Gasteiger charge is -2.31. The molecule has 28 heavy (non-hydrogen) atoms. The van der Waals surface area contributed by atoms with E-state index in [0.717, 1.165) is 7.11 Å². The summed E-state index contributed by atoms with van der Waals surface area (Å²) < 4.78 is 24.9. The first-order valence-electron chi connectivity index (χ1n) is 8.51. The first-order valence-corrected chi connectivity index (χ1v) is 9.05. The van der Waals surface area contributed by atoms with Crippen LogP contribution in [0.1, 0.15) is 30.5 Å². The Balaban J connectivity index is 2.89. The second-order valence-corrected chi connectivity index (χ2v) is 6.38. The highest BCUT2D eigenvalue weighted by molar-refractivity contribution is 6.17. The second-order valence-electron chi connectivity index (χ2n) is 6.00. The number of ether oxygens (including phenoxy) is 2.